The molecule has 1 aliphatic carbocycles. The second-order valence-corrected chi connectivity index (χ2v) is 10.4. The smallest absolute Gasteiger partial charge is 0.316 e. The van der Waals surface area contributed by atoms with Crippen LogP contribution in [0.5, 0.6) is 5.75 Å². The van der Waals surface area contributed by atoms with E-state index in [2.05, 4.69) is 6.92 Å². The molecule has 36 heavy (non-hydrogen) atoms. The maximum atomic E-state index is 13.1. The first-order chi connectivity index (χ1) is 17.3. The number of hydrogen-bond donors (Lipinski definition) is 0. The Hall–Kier alpha value is -3.48. The SMILES string of the molecule is CCc1ccccc1N1C[C@H](C(=O)Oc2ccc(N3C(=O)[C@@H]4CC[C@@H](C)C[C@H]4C3=O)c(C)c2)CC1=O. The lowest BCUT2D eigenvalue weighted by Crippen LogP contribution is -2.31. The molecule has 0 aromatic heterocycles. The second kappa shape index (κ2) is 9.52. The number of benzene rings is 2. The lowest BCUT2D eigenvalue weighted by molar-refractivity contribution is -0.139. The van der Waals surface area contributed by atoms with Crippen LogP contribution in [0.3, 0.4) is 0 Å². The van der Waals surface area contributed by atoms with E-state index in [-0.39, 0.29) is 42.5 Å². The molecule has 3 aliphatic rings. The van der Waals surface area contributed by atoms with Gasteiger partial charge >= 0.3 is 5.97 Å². The van der Waals surface area contributed by atoms with Gasteiger partial charge < -0.3 is 9.64 Å². The lowest BCUT2D eigenvalue weighted by atomic mass is 9.76. The summed E-state index contributed by atoms with van der Waals surface area (Å²) in [7, 11) is 0. The monoisotopic (exact) mass is 488 g/mol. The fourth-order valence-electron chi connectivity index (χ4n) is 5.94. The molecule has 0 N–H and O–H groups in total. The van der Waals surface area contributed by atoms with Gasteiger partial charge in [-0.2, -0.15) is 0 Å². The van der Waals surface area contributed by atoms with Crippen molar-refractivity contribution in [2.75, 3.05) is 16.3 Å². The van der Waals surface area contributed by atoms with Crippen molar-refractivity contribution < 1.29 is 23.9 Å². The molecule has 2 aromatic carbocycles. The van der Waals surface area contributed by atoms with E-state index >= 15 is 0 Å². The fraction of sp³-hybridized carbons (Fsp3) is 0.448. The zero-order valence-electron chi connectivity index (χ0n) is 21.0. The molecule has 0 bridgehead atoms. The highest BCUT2D eigenvalue weighted by molar-refractivity contribution is 6.22. The van der Waals surface area contributed by atoms with Crippen LogP contribution in [0, 0.1) is 30.6 Å². The zero-order chi connectivity index (χ0) is 25.6. The van der Waals surface area contributed by atoms with Gasteiger partial charge in [-0.1, -0.05) is 32.0 Å². The van der Waals surface area contributed by atoms with E-state index in [0.717, 1.165) is 36.9 Å². The number of esters is 1. The summed E-state index contributed by atoms with van der Waals surface area (Å²) in [5.74, 6) is -1.04. The van der Waals surface area contributed by atoms with E-state index in [9.17, 15) is 19.2 Å². The molecule has 2 aliphatic heterocycles. The van der Waals surface area contributed by atoms with Crippen LogP contribution in [0.2, 0.25) is 0 Å². The Balaban J connectivity index is 1.28. The number of para-hydroxylation sites is 1. The van der Waals surface area contributed by atoms with E-state index in [1.807, 2.05) is 31.2 Å². The Morgan fingerprint density at radius 1 is 1.00 bits per heavy atom. The number of nitrogens with zero attached hydrogens (tertiary/aromatic N) is 2. The van der Waals surface area contributed by atoms with E-state index in [0.29, 0.717) is 22.9 Å². The van der Waals surface area contributed by atoms with Crippen molar-refractivity contribution in [3.05, 3.63) is 53.6 Å². The van der Waals surface area contributed by atoms with Crippen molar-refractivity contribution in [3.8, 4) is 5.75 Å². The van der Waals surface area contributed by atoms with Crippen LogP contribution < -0.4 is 14.5 Å². The largest absolute Gasteiger partial charge is 0.426 e. The number of fused-ring (bicyclic) bond motifs is 1. The van der Waals surface area contributed by atoms with Gasteiger partial charge in [0.25, 0.3) is 0 Å². The molecular weight excluding hydrogens is 456 g/mol. The summed E-state index contributed by atoms with van der Waals surface area (Å²) in [6.07, 6.45) is 3.37. The van der Waals surface area contributed by atoms with Crippen molar-refractivity contribution in [1.82, 2.24) is 0 Å². The van der Waals surface area contributed by atoms with E-state index < -0.39 is 11.9 Å². The summed E-state index contributed by atoms with van der Waals surface area (Å²) >= 11 is 0. The third kappa shape index (κ3) is 4.21. The average Bonchev–Trinajstić information content (AvgIpc) is 3.36. The van der Waals surface area contributed by atoms with Gasteiger partial charge in [0, 0.05) is 18.7 Å². The Morgan fingerprint density at radius 2 is 1.75 bits per heavy atom. The second-order valence-electron chi connectivity index (χ2n) is 10.4. The summed E-state index contributed by atoms with van der Waals surface area (Å²) < 4.78 is 5.64. The van der Waals surface area contributed by atoms with E-state index in [4.69, 9.17) is 4.74 Å². The summed E-state index contributed by atoms with van der Waals surface area (Å²) in [6, 6.07) is 12.7. The maximum Gasteiger partial charge on any atom is 0.316 e. The molecule has 1 saturated carbocycles. The Labute approximate surface area is 211 Å². The normalized spacial score (nSPS) is 25.9. The minimum absolute atomic E-state index is 0.0915. The van der Waals surface area contributed by atoms with E-state index in [1.165, 1.54) is 4.90 Å². The van der Waals surface area contributed by atoms with Gasteiger partial charge in [0.05, 0.1) is 23.4 Å². The number of carbonyl (C=O) groups is 4. The summed E-state index contributed by atoms with van der Waals surface area (Å²) in [5.41, 5.74) is 3.14. The van der Waals surface area contributed by atoms with Crippen molar-refractivity contribution in [2.24, 2.45) is 23.7 Å². The van der Waals surface area contributed by atoms with Crippen molar-refractivity contribution >= 4 is 35.1 Å². The zero-order valence-corrected chi connectivity index (χ0v) is 21.0. The molecule has 2 saturated heterocycles. The van der Waals surface area contributed by atoms with Crippen molar-refractivity contribution in [1.29, 1.82) is 0 Å². The maximum absolute atomic E-state index is 13.1. The van der Waals surface area contributed by atoms with Crippen LogP contribution in [-0.2, 0) is 25.6 Å². The summed E-state index contributed by atoms with van der Waals surface area (Å²) in [6.45, 7) is 6.25. The third-order valence-electron chi connectivity index (χ3n) is 7.94. The van der Waals surface area contributed by atoms with Crippen LogP contribution in [0.25, 0.3) is 0 Å². The van der Waals surface area contributed by atoms with Crippen LogP contribution in [0.4, 0.5) is 11.4 Å². The molecule has 4 atom stereocenters. The standard InChI is InChI=1S/C29H32N2O5/c1-4-19-7-5-6-8-25(19)30-16-20(15-26(30)32)29(35)36-21-10-12-24(18(3)14-21)31-27(33)22-11-9-17(2)13-23(22)28(31)34/h5-8,10,12,14,17,20,22-23H,4,9,11,13,15-16H2,1-3H3/t17-,20-,22-,23-/m1/s1. The molecule has 7 heteroatoms. The van der Waals surface area contributed by atoms with Gasteiger partial charge in [-0.25, -0.2) is 4.90 Å². The predicted octanol–water partition coefficient (Wildman–Crippen LogP) is 4.44. The van der Waals surface area contributed by atoms with Crippen LogP contribution >= 0.6 is 0 Å². The number of anilines is 2. The first-order valence-electron chi connectivity index (χ1n) is 12.9. The van der Waals surface area contributed by atoms with Crippen LogP contribution in [0.15, 0.2) is 42.5 Å². The Kier molecular flexibility index (Phi) is 6.41. The number of carbonyl (C=O) groups excluding carboxylic acids is 4. The highest BCUT2D eigenvalue weighted by Crippen LogP contribution is 2.43. The number of imide groups is 1. The molecule has 5 rings (SSSR count). The molecule has 7 nitrogen and oxygen atoms in total. The quantitative estimate of drug-likeness (QED) is 0.353. The van der Waals surface area contributed by atoms with Gasteiger partial charge in [0.2, 0.25) is 17.7 Å². The minimum Gasteiger partial charge on any atom is -0.426 e. The number of ether oxygens (including phenoxy) is 1. The average molecular weight is 489 g/mol. The number of rotatable bonds is 5. The Morgan fingerprint density at radius 3 is 2.50 bits per heavy atom. The predicted molar refractivity (Wildman–Crippen MR) is 136 cm³/mol. The molecular formula is C29H32N2O5. The molecule has 3 amide bonds. The van der Waals surface area contributed by atoms with Crippen molar-refractivity contribution in [3.63, 3.8) is 0 Å². The van der Waals surface area contributed by atoms with Crippen LogP contribution in [0.1, 0.15) is 50.7 Å². The number of aryl methyl sites for hydroxylation is 2. The molecule has 2 aromatic rings. The van der Waals surface area contributed by atoms with Crippen LogP contribution in [-0.4, -0.2) is 30.2 Å². The van der Waals surface area contributed by atoms with E-state index in [1.54, 1.807) is 30.0 Å². The van der Waals surface area contributed by atoms with Gasteiger partial charge in [-0.05, 0) is 73.9 Å². The molecule has 0 spiro atoms. The molecule has 0 radical (unpaired) electrons. The molecule has 2 heterocycles. The minimum atomic E-state index is -0.561. The first kappa shape index (κ1) is 24.2. The van der Waals surface area contributed by atoms with Gasteiger partial charge in [-0.15, -0.1) is 0 Å². The Bertz CT molecular complexity index is 1240. The number of hydrogen-bond acceptors (Lipinski definition) is 5. The first-order valence-corrected chi connectivity index (χ1v) is 12.9. The fourth-order valence-corrected chi connectivity index (χ4v) is 5.94. The number of amides is 3. The van der Waals surface area contributed by atoms with Gasteiger partial charge in [-0.3, -0.25) is 19.2 Å². The van der Waals surface area contributed by atoms with Crippen molar-refractivity contribution in [2.45, 2.75) is 52.9 Å². The lowest BCUT2D eigenvalue weighted by Gasteiger charge is -2.25. The topological polar surface area (TPSA) is 84.0 Å². The van der Waals surface area contributed by atoms with Gasteiger partial charge in [0.1, 0.15) is 5.75 Å². The molecule has 188 valence electrons. The molecule has 0 unspecified atom stereocenters. The highest BCUT2D eigenvalue weighted by atomic mass is 16.5. The highest BCUT2D eigenvalue weighted by Gasteiger charge is 2.50. The third-order valence-corrected chi connectivity index (χ3v) is 7.94. The molecule has 3 fully saturated rings. The van der Waals surface area contributed by atoms with Gasteiger partial charge in [0.15, 0.2) is 0 Å². The summed E-state index contributed by atoms with van der Waals surface area (Å²) in [4.78, 5) is 54.8. The summed E-state index contributed by atoms with van der Waals surface area (Å²) in [5, 5.41) is 0.